The van der Waals surface area contributed by atoms with Crippen molar-refractivity contribution in [2.24, 2.45) is 5.92 Å². The van der Waals surface area contributed by atoms with Crippen molar-refractivity contribution < 1.29 is 13.2 Å². The third kappa shape index (κ3) is 4.31. The van der Waals surface area contributed by atoms with Gasteiger partial charge in [-0.25, -0.2) is 0 Å². The van der Waals surface area contributed by atoms with E-state index in [4.69, 9.17) is 0 Å². The van der Waals surface area contributed by atoms with Gasteiger partial charge in [0, 0.05) is 33.7 Å². The molecule has 0 bridgehead atoms. The molecule has 1 amide bonds. The van der Waals surface area contributed by atoms with Crippen LogP contribution in [-0.2, 0) is 21.5 Å². The Labute approximate surface area is 138 Å². The van der Waals surface area contributed by atoms with Crippen molar-refractivity contribution in [3.8, 4) is 0 Å². The number of benzene rings is 1. The van der Waals surface area contributed by atoms with Crippen LogP contribution in [0.15, 0.2) is 24.3 Å². The van der Waals surface area contributed by atoms with Gasteiger partial charge in [-0.1, -0.05) is 24.3 Å². The molecule has 0 aliphatic carbocycles. The quantitative estimate of drug-likeness (QED) is 0.874. The van der Waals surface area contributed by atoms with Crippen molar-refractivity contribution in [1.29, 1.82) is 0 Å². The number of rotatable bonds is 5. The van der Waals surface area contributed by atoms with Crippen LogP contribution in [0.4, 0.5) is 0 Å². The van der Waals surface area contributed by atoms with Crippen LogP contribution in [0.2, 0.25) is 0 Å². The number of carbonyl (C=O) groups is 1. The lowest BCUT2D eigenvalue weighted by Gasteiger charge is -2.32. The first-order chi connectivity index (χ1) is 10.8. The van der Waals surface area contributed by atoms with Crippen LogP contribution in [0.25, 0.3) is 0 Å². The number of aryl methyl sites for hydroxylation is 1. The Balaban J connectivity index is 1.96. The van der Waals surface area contributed by atoms with Crippen molar-refractivity contribution in [2.75, 3.05) is 27.2 Å². The van der Waals surface area contributed by atoms with Gasteiger partial charge in [0.05, 0.1) is 5.92 Å². The molecule has 2 rings (SSSR count). The first kappa shape index (κ1) is 17.9. The molecule has 1 N–H and O–H groups in total. The molecule has 6 nitrogen and oxygen atoms in total. The van der Waals surface area contributed by atoms with Gasteiger partial charge in [0.25, 0.3) is 10.2 Å². The number of nitrogens with zero attached hydrogens (tertiary/aromatic N) is 2. The first-order valence-corrected chi connectivity index (χ1v) is 9.22. The third-order valence-electron chi connectivity index (χ3n) is 4.26. The molecule has 1 aliphatic heterocycles. The van der Waals surface area contributed by atoms with Crippen molar-refractivity contribution in [3.63, 3.8) is 0 Å². The maximum absolute atomic E-state index is 12.4. The monoisotopic (exact) mass is 339 g/mol. The number of amides is 1. The smallest absolute Gasteiger partial charge is 0.281 e. The molecule has 7 heteroatoms. The van der Waals surface area contributed by atoms with E-state index in [0.717, 1.165) is 17.5 Å². The Morgan fingerprint density at radius 2 is 2.04 bits per heavy atom. The zero-order valence-corrected chi connectivity index (χ0v) is 14.8. The summed E-state index contributed by atoms with van der Waals surface area (Å²) >= 11 is 0. The molecule has 0 unspecified atom stereocenters. The lowest BCUT2D eigenvalue weighted by atomic mass is 9.98. The first-order valence-electron chi connectivity index (χ1n) is 7.82. The Hall–Kier alpha value is -1.44. The molecule has 0 saturated carbocycles. The van der Waals surface area contributed by atoms with Gasteiger partial charge in [0.2, 0.25) is 5.91 Å². The second kappa shape index (κ2) is 7.42. The Morgan fingerprint density at radius 3 is 2.70 bits per heavy atom. The largest absolute Gasteiger partial charge is 0.352 e. The van der Waals surface area contributed by atoms with E-state index in [1.54, 1.807) is 0 Å². The molecular weight excluding hydrogens is 314 g/mol. The molecule has 1 aromatic rings. The maximum atomic E-state index is 12.4. The van der Waals surface area contributed by atoms with E-state index < -0.39 is 10.2 Å². The molecule has 1 aromatic carbocycles. The van der Waals surface area contributed by atoms with Gasteiger partial charge < -0.3 is 5.32 Å². The summed E-state index contributed by atoms with van der Waals surface area (Å²) in [4.78, 5) is 12.4. The summed E-state index contributed by atoms with van der Waals surface area (Å²) in [5.74, 6) is -0.366. The molecule has 23 heavy (non-hydrogen) atoms. The predicted molar refractivity (Wildman–Crippen MR) is 89.9 cm³/mol. The Morgan fingerprint density at radius 1 is 1.35 bits per heavy atom. The SMILES string of the molecule is Cc1ccccc1CNC(=O)[C@H]1CCCN(S(=O)(=O)N(C)C)C1. The highest BCUT2D eigenvalue weighted by Gasteiger charge is 2.33. The van der Waals surface area contributed by atoms with Crippen molar-refractivity contribution in [1.82, 2.24) is 13.9 Å². The van der Waals surface area contributed by atoms with Gasteiger partial charge in [0.1, 0.15) is 0 Å². The second-order valence-corrected chi connectivity index (χ2v) is 8.27. The number of carbonyl (C=O) groups excluding carboxylic acids is 1. The molecule has 0 spiro atoms. The summed E-state index contributed by atoms with van der Waals surface area (Å²) in [7, 11) is -0.431. The van der Waals surface area contributed by atoms with E-state index >= 15 is 0 Å². The summed E-state index contributed by atoms with van der Waals surface area (Å²) in [6.45, 7) is 3.21. The van der Waals surface area contributed by atoms with E-state index in [1.807, 2.05) is 31.2 Å². The summed E-state index contributed by atoms with van der Waals surface area (Å²) in [5, 5.41) is 2.94. The molecule has 1 saturated heterocycles. The number of nitrogens with one attached hydrogen (secondary N) is 1. The molecule has 128 valence electrons. The fraction of sp³-hybridized carbons (Fsp3) is 0.562. The zero-order valence-electron chi connectivity index (χ0n) is 13.9. The van der Waals surface area contributed by atoms with Gasteiger partial charge in [0.15, 0.2) is 0 Å². The lowest BCUT2D eigenvalue weighted by molar-refractivity contribution is -0.126. The van der Waals surface area contributed by atoms with Crippen molar-refractivity contribution in [3.05, 3.63) is 35.4 Å². The average Bonchev–Trinajstić information content (AvgIpc) is 2.53. The normalized spacial score (nSPS) is 19.7. The summed E-state index contributed by atoms with van der Waals surface area (Å²) in [5.41, 5.74) is 2.21. The maximum Gasteiger partial charge on any atom is 0.281 e. The van der Waals surface area contributed by atoms with Crippen molar-refractivity contribution in [2.45, 2.75) is 26.3 Å². The van der Waals surface area contributed by atoms with Gasteiger partial charge in [-0.05, 0) is 30.9 Å². The molecule has 1 heterocycles. The third-order valence-corrected chi connectivity index (χ3v) is 6.16. The van der Waals surface area contributed by atoms with Crippen LogP contribution in [0, 0.1) is 12.8 Å². The molecule has 1 fully saturated rings. The van der Waals surface area contributed by atoms with E-state index in [9.17, 15) is 13.2 Å². The molecule has 0 aromatic heterocycles. The minimum atomic E-state index is -3.45. The summed E-state index contributed by atoms with van der Waals surface area (Å²) < 4.78 is 27.0. The minimum absolute atomic E-state index is 0.0769. The zero-order chi connectivity index (χ0) is 17.0. The minimum Gasteiger partial charge on any atom is -0.352 e. The highest BCUT2D eigenvalue weighted by atomic mass is 32.2. The fourth-order valence-corrected chi connectivity index (χ4v) is 3.92. The molecular formula is C16H25N3O3S. The van der Waals surface area contributed by atoms with E-state index in [2.05, 4.69) is 5.32 Å². The summed E-state index contributed by atoms with van der Waals surface area (Å²) in [6, 6.07) is 7.90. The van der Waals surface area contributed by atoms with Crippen molar-refractivity contribution >= 4 is 16.1 Å². The molecule has 1 aliphatic rings. The fourth-order valence-electron chi connectivity index (χ4n) is 2.73. The molecule has 1 atom stereocenters. The van der Waals surface area contributed by atoms with E-state index in [-0.39, 0.29) is 18.4 Å². The van der Waals surface area contributed by atoms with Crippen LogP contribution in [0.1, 0.15) is 24.0 Å². The predicted octanol–water partition coefficient (Wildman–Crippen LogP) is 1.13. The van der Waals surface area contributed by atoms with E-state index in [1.165, 1.54) is 22.7 Å². The van der Waals surface area contributed by atoms with Crippen LogP contribution >= 0.6 is 0 Å². The number of hydrogen-bond donors (Lipinski definition) is 1. The number of hydrogen-bond acceptors (Lipinski definition) is 3. The standard InChI is InChI=1S/C16H25N3O3S/c1-13-7-4-5-8-14(13)11-17-16(20)15-9-6-10-19(12-15)23(21,22)18(2)3/h4-5,7-8,15H,6,9-12H2,1-3H3,(H,17,20)/t15-/m0/s1. The van der Waals surface area contributed by atoms with Crippen LogP contribution in [0.5, 0.6) is 0 Å². The van der Waals surface area contributed by atoms with Gasteiger partial charge in [-0.3, -0.25) is 4.79 Å². The average molecular weight is 339 g/mol. The Bertz CT molecular complexity index is 658. The second-order valence-electron chi connectivity index (χ2n) is 6.13. The van der Waals surface area contributed by atoms with Crippen LogP contribution < -0.4 is 5.32 Å². The van der Waals surface area contributed by atoms with Crippen LogP contribution in [-0.4, -0.2) is 50.1 Å². The summed E-state index contributed by atoms with van der Waals surface area (Å²) in [6.07, 6.45) is 1.43. The molecule has 0 radical (unpaired) electrons. The highest BCUT2D eigenvalue weighted by Crippen LogP contribution is 2.20. The van der Waals surface area contributed by atoms with E-state index in [0.29, 0.717) is 19.5 Å². The van der Waals surface area contributed by atoms with Gasteiger partial charge in [-0.2, -0.15) is 17.0 Å². The number of piperidine rings is 1. The van der Waals surface area contributed by atoms with Gasteiger partial charge in [-0.15, -0.1) is 0 Å². The Kier molecular flexibility index (Phi) is 5.78. The van der Waals surface area contributed by atoms with Gasteiger partial charge >= 0.3 is 0 Å². The highest BCUT2D eigenvalue weighted by molar-refractivity contribution is 7.86. The lowest BCUT2D eigenvalue weighted by Crippen LogP contribution is -2.48. The van der Waals surface area contributed by atoms with Crippen LogP contribution in [0.3, 0.4) is 0 Å². The topological polar surface area (TPSA) is 69.7 Å².